The zero-order valence-electron chi connectivity index (χ0n) is 21.2. The number of esters is 1. The predicted octanol–water partition coefficient (Wildman–Crippen LogP) is 8.13. The molecule has 1 heterocycles. The van der Waals surface area contributed by atoms with Crippen LogP contribution in [-0.4, -0.2) is 17.1 Å². The van der Waals surface area contributed by atoms with Gasteiger partial charge in [0, 0.05) is 23.0 Å². The Morgan fingerprint density at radius 1 is 0.821 bits per heavy atom. The maximum atomic E-state index is 13.4. The molecule has 0 amide bonds. The number of aromatic nitrogens is 1. The highest BCUT2D eigenvalue weighted by molar-refractivity contribution is 6.08. The van der Waals surface area contributed by atoms with Crippen LogP contribution >= 0.6 is 0 Å². The van der Waals surface area contributed by atoms with E-state index in [0.717, 1.165) is 28.6 Å². The van der Waals surface area contributed by atoms with E-state index in [4.69, 9.17) is 9.47 Å². The minimum atomic E-state index is -4.47. The van der Waals surface area contributed by atoms with Gasteiger partial charge in [0.2, 0.25) is 0 Å². The molecule has 7 heteroatoms. The van der Waals surface area contributed by atoms with Gasteiger partial charge < -0.3 is 14.0 Å². The van der Waals surface area contributed by atoms with Crippen molar-refractivity contribution in [3.05, 3.63) is 126 Å². The Morgan fingerprint density at radius 2 is 1.54 bits per heavy atom. The van der Waals surface area contributed by atoms with Crippen LogP contribution in [0.15, 0.2) is 103 Å². The van der Waals surface area contributed by atoms with Gasteiger partial charge in [-0.15, -0.1) is 0 Å². The summed E-state index contributed by atoms with van der Waals surface area (Å²) in [6.07, 6.45) is -4.47. The standard InChI is InChI=1S/C32H26F3NO3/c1-2-38-31(37)30-29(24-13-9-15-26(19-24)39-21-22-10-4-3-5-11-22)27-16-6-7-17-28(27)36(30)20-23-12-8-14-25(18-23)32(33,34)35/h3-19H,2,20-21H2,1H3. The van der Waals surface area contributed by atoms with Gasteiger partial charge in [-0.1, -0.05) is 72.8 Å². The number of ether oxygens (including phenoxy) is 2. The third kappa shape index (κ3) is 5.67. The number of halogens is 3. The molecular weight excluding hydrogens is 503 g/mol. The number of rotatable bonds is 8. The molecule has 39 heavy (non-hydrogen) atoms. The molecule has 0 bridgehead atoms. The lowest BCUT2D eigenvalue weighted by atomic mass is 10.0. The smallest absolute Gasteiger partial charge is 0.416 e. The average Bonchev–Trinajstić information content (AvgIpc) is 3.26. The molecule has 0 aliphatic heterocycles. The van der Waals surface area contributed by atoms with Crippen LogP contribution in [0.3, 0.4) is 0 Å². The Labute approximate surface area is 224 Å². The number of carbonyl (C=O) groups excluding carboxylic acids is 1. The van der Waals surface area contributed by atoms with Crippen molar-refractivity contribution in [3.63, 3.8) is 0 Å². The Kier molecular flexibility index (Phi) is 7.41. The Balaban J connectivity index is 1.62. The van der Waals surface area contributed by atoms with E-state index >= 15 is 0 Å². The molecule has 198 valence electrons. The summed E-state index contributed by atoms with van der Waals surface area (Å²) in [6.45, 7) is 2.31. The normalized spacial score (nSPS) is 11.5. The zero-order chi connectivity index (χ0) is 27.4. The van der Waals surface area contributed by atoms with Gasteiger partial charge in [0.25, 0.3) is 0 Å². The molecule has 4 aromatic carbocycles. The van der Waals surface area contributed by atoms with Crippen LogP contribution in [0.25, 0.3) is 22.0 Å². The lowest BCUT2D eigenvalue weighted by molar-refractivity contribution is -0.137. The summed E-state index contributed by atoms with van der Waals surface area (Å²) in [6, 6.07) is 29.8. The fourth-order valence-corrected chi connectivity index (χ4v) is 4.68. The number of fused-ring (bicyclic) bond motifs is 1. The summed E-state index contributed by atoms with van der Waals surface area (Å²) in [5.41, 5.74) is 3.07. The maximum Gasteiger partial charge on any atom is 0.416 e. The van der Waals surface area contributed by atoms with Gasteiger partial charge in [-0.2, -0.15) is 13.2 Å². The fraction of sp³-hybridized carbons (Fsp3) is 0.156. The molecule has 0 atom stereocenters. The lowest BCUT2D eigenvalue weighted by Crippen LogP contribution is -2.14. The summed E-state index contributed by atoms with van der Waals surface area (Å²) in [4.78, 5) is 13.4. The van der Waals surface area contributed by atoms with Crippen molar-refractivity contribution in [2.45, 2.75) is 26.3 Å². The SMILES string of the molecule is CCOC(=O)c1c(-c2cccc(OCc3ccccc3)c2)c2ccccc2n1Cc1cccc(C(F)(F)F)c1. The second-order valence-corrected chi connectivity index (χ2v) is 9.05. The molecule has 0 saturated heterocycles. The Bertz CT molecular complexity index is 1610. The quantitative estimate of drug-likeness (QED) is 0.191. The summed E-state index contributed by atoms with van der Waals surface area (Å²) in [5, 5.41) is 0.785. The molecule has 0 unspecified atom stereocenters. The first-order chi connectivity index (χ1) is 18.8. The molecule has 0 saturated carbocycles. The molecule has 0 spiro atoms. The van der Waals surface area contributed by atoms with E-state index in [1.165, 1.54) is 6.07 Å². The summed E-state index contributed by atoms with van der Waals surface area (Å²) in [5.74, 6) is 0.0761. The molecule has 0 radical (unpaired) electrons. The molecule has 5 aromatic rings. The molecule has 5 rings (SSSR count). The van der Waals surface area contributed by atoms with Gasteiger partial charge in [-0.25, -0.2) is 4.79 Å². The second-order valence-electron chi connectivity index (χ2n) is 9.05. The second kappa shape index (κ2) is 11.1. The molecule has 1 aromatic heterocycles. The number of para-hydroxylation sites is 1. The van der Waals surface area contributed by atoms with E-state index in [1.807, 2.05) is 78.9 Å². The monoisotopic (exact) mass is 529 g/mol. The lowest BCUT2D eigenvalue weighted by Gasteiger charge is -2.14. The minimum Gasteiger partial charge on any atom is -0.489 e. The number of benzene rings is 4. The van der Waals surface area contributed by atoms with Gasteiger partial charge in [-0.05, 0) is 53.9 Å². The topological polar surface area (TPSA) is 40.5 Å². The first-order valence-electron chi connectivity index (χ1n) is 12.6. The molecule has 4 nitrogen and oxygen atoms in total. The molecular formula is C32H26F3NO3. The summed E-state index contributed by atoms with van der Waals surface area (Å²) in [7, 11) is 0. The first kappa shape index (κ1) is 26.1. The van der Waals surface area contributed by atoms with Crippen LogP contribution in [0.5, 0.6) is 5.75 Å². The number of nitrogens with zero attached hydrogens (tertiary/aromatic N) is 1. The average molecular weight is 530 g/mol. The van der Waals surface area contributed by atoms with Crippen LogP contribution in [0.2, 0.25) is 0 Å². The van der Waals surface area contributed by atoms with E-state index in [2.05, 4.69) is 0 Å². The number of hydrogen-bond donors (Lipinski definition) is 0. The Morgan fingerprint density at radius 3 is 2.31 bits per heavy atom. The highest BCUT2D eigenvalue weighted by atomic mass is 19.4. The Hall–Kier alpha value is -4.52. The van der Waals surface area contributed by atoms with Crippen LogP contribution in [0.4, 0.5) is 13.2 Å². The predicted molar refractivity (Wildman–Crippen MR) is 145 cm³/mol. The van der Waals surface area contributed by atoms with E-state index in [0.29, 0.717) is 29.0 Å². The third-order valence-electron chi connectivity index (χ3n) is 6.41. The number of hydrogen-bond acceptors (Lipinski definition) is 3. The van der Waals surface area contributed by atoms with Gasteiger partial charge >= 0.3 is 12.1 Å². The van der Waals surface area contributed by atoms with Gasteiger partial charge in [0.05, 0.1) is 12.2 Å². The molecule has 0 N–H and O–H groups in total. The van der Waals surface area contributed by atoms with E-state index < -0.39 is 17.7 Å². The minimum absolute atomic E-state index is 0.0583. The van der Waals surface area contributed by atoms with Gasteiger partial charge in [0.15, 0.2) is 0 Å². The van der Waals surface area contributed by atoms with E-state index in [-0.39, 0.29) is 18.8 Å². The third-order valence-corrected chi connectivity index (χ3v) is 6.41. The van der Waals surface area contributed by atoms with Crippen LogP contribution < -0.4 is 4.74 Å². The zero-order valence-corrected chi connectivity index (χ0v) is 21.2. The summed E-state index contributed by atoms with van der Waals surface area (Å²) >= 11 is 0. The van der Waals surface area contributed by atoms with E-state index in [9.17, 15) is 18.0 Å². The van der Waals surface area contributed by atoms with Gasteiger partial charge in [-0.3, -0.25) is 0 Å². The highest BCUT2D eigenvalue weighted by Crippen LogP contribution is 2.38. The number of carbonyl (C=O) groups is 1. The van der Waals surface area contributed by atoms with Crippen LogP contribution in [-0.2, 0) is 24.1 Å². The van der Waals surface area contributed by atoms with Crippen molar-refractivity contribution in [2.24, 2.45) is 0 Å². The maximum absolute atomic E-state index is 13.4. The van der Waals surface area contributed by atoms with Crippen molar-refractivity contribution in [1.82, 2.24) is 4.57 Å². The summed E-state index contributed by atoms with van der Waals surface area (Å²) < 4.78 is 53.4. The molecule has 0 aliphatic rings. The van der Waals surface area contributed by atoms with Crippen molar-refractivity contribution >= 4 is 16.9 Å². The van der Waals surface area contributed by atoms with E-state index in [1.54, 1.807) is 17.6 Å². The largest absolute Gasteiger partial charge is 0.489 e. The molecule has 0 fully saturated rings. The van der Waals surface area contributed by atoms with Crippen LogP contribution in [0.1, 0.15) is 34.1 Å². The van der Waals surface area contributed by atoms with Crippen LogP contribution in [0, 0.1) is 0 Å². The van der Waals surface area contributed by atoms with Crippen molar-refractivity contribution in [1.29, 1.82) is 0 Å². The fourth-order valence-electron chi connectivity index (χ4n) is 4.68. The highest BCUT2D eigenvalue weighted by Gasteiger charge is 2.31. The van der Waals surface area contributed by atoms with Crippen molar-refractivity contribution < 1.29 is 27.4 Å². The van der Waals surface area contributed by atoms with Crippen molar-refractivity contribution in [2.75, 3.05) is 6.61 Å². The number of alkyl halides is 3. The molecule has 0 aliphatic carbocycles. The first-order valence-corrected chi connectivity index (χ1v) is 12.6. The van der Waals surface area contributed by atoms with Gasteiger partial charge in [0.1, 0.15) is 18.1 Å². The van der Waals surface area contributed by atoms with Crippen molar-refractivity contribution in [3.8, 4) is 16.9 Å².